The third-order valence-corrected chi connectivity index (χ3v) is 2.52. The second-order valence-corrected chi connectivity index (χ2v) is 4.12. The first-order valence-corrected chi connectivity index (χ1v) is 5.81. The van der Waals surface area contributed by atoms with E-state index in [9.17, 15) is 0 Å². The number of aryl methyl sites for hydroxylation is 2. The van der Waals surface area contributed by atoms with Crippen molar-refractivity contribution < 1.29 is 14.3 Å². The molecule has 1 N–H and O–H groups in total. The minimum absolute atomic E-state index is 0.000436. The normalized spacial score (nSPS) is 10.6. The lowest BCUT2D eigenvalue weighted by atomic mass is 10.1. The Bertz CT molecular complexity index is 523. The van der Waals surface area contributed by atoms with Gasteiger partial charge in [0.25, 0.3) is 5.89 Å². The lowest BCUT2D eigenvalue weighted by molar-refractivity contribution is 0.248. The fourth-order valence-electron chi connectivity index (χ4n) is 1.64. The third kappa shape index (κ3) is 3.07. The molecule has 1 aromatic heterocycles. The number of benzene rings is 1. The SMILES string of the molecule is Cc1ccc(OCc2nnc(CCO)o2)c(C)c1. The summed E-state index contributed by atoms with van der Waals surface area (Å²) in [5.41, 5.74) is 2.27. The summed E-state index contributed by atoms with van der Waals surface area (Å²) in [5.74, 6) is 1.65. The fourth-order valence-corrected chi connectivity index (χ4v) is 1.64. The molecule has 2 aromatic rings. The van der Waals surface area contributed by atoms with Gasteiger partial charge >= 0.3 is 0 Å². The van der Waals surface area contributed by atoms with Crippen molar-refractivity contribution in [1.29, 1.82) is 0 Å². The number of rotatable bonds is 5. The highest BCUT2D eigenvalue weighted by Gasteiger charge is 2.07. The Balaban J connectivity index is 1.97. The van der Waals surface area contributed by atoms with Crippen LogP contribution in [0, 0.1) is 13.8 Å². The molecule has 0 saturated carbocycles. The van der Waals surface area contributed by atoms with Gasteiger partial charge in [-0.1, -0.05) is 17.7 Å². The van der Waals surface area contributed by atoms with E-state index in [1.54, 1.807) is 0 Å². The van der Waals surface area contributed by atoms with Crippen molar-refractivity contribution in [1.82, 2.24) is 10.2 Å². The molecule has 96 valence electrons. The van der Waals surface area contributed by atoms with E-state index in [0.717, 1.165) is 11.3 Å². The van der Waals surface area contributed by atoms with Crippen LogP contribution in [0.2, 0.25) is 0 Å². The van der Waals surface area contributed by atoms with Crippen LogP contribution in [0.1, 0.15) is 22.9 Å². The van der Waals surface area contributed by atoms with E-state index in [0.29, 0.717) is 18.2 Å². The molecule has 0 atom stereocenters. The maximum atomic E-state index is 8.74. The molecule has 0 aliphatic carbocycles. The molecular formula is C13H16N2O3. The van der Waals surface area contributed by atoms with Gasteiger partial charge in [-0.3, -0.25) is 0 Å². The summed E-state index contributed by atoms with van der Waals surface area (Å²) < 4.78 is 10.9. The average Bonchev–Trinajstić information content (AvgIpc) is 2.76. The molecule has 18 heavy (non-hydrogen) atoms. The number of aliphatic hydroxyl groups is 1. The Labute approximate surface area is 105 Å². The third-order valence-electron chi connectivity index (χ3n) is 2.52. The van der Waals surface area contributed by atoms with Gasteiger partial charge in [0.05, 0.1) is 6.61 Å². The molecule has 5 nitrogen and oxygen atoms in total. The Kier molecular flexibility index (Phi) is 3.94. The molecule has 1 heterocycles. The molecule has 0 aliphatic heterocycles. The first-order chi connectivity index (χ1) is 8.69. The van der Waals surface area contributed by atoms with Gasteiger partial charge in [-0.2, -0.15) is 0 Å². The van der Waals surface area contributed by atoms with E-state index in [4.69, 9.17) is 14.3 Å². The highest BCUT2D eigenvalue weighted by Crippen LogP contribution is 2.19. The number of aliphatic hydroxyl groups excluding tert-OH is 1. The van der Waals surface area contributed by atoms with Crippen LogP contribution in [0.25, 0.3) is 0 Å². The highest BCUT2D eigenvalue weighted by atomic mass is 16.5. The molecule has 0 spiro atoms. The predicted octanol–water partition coefficient (Wildman–Crippen LogP) is 1.80. The molecular weight excluding hydrogens is 232 g/mol. The topological polar surface area (TPSA) is 68.4 Å². The minimum Gasteiger partial charge on any atom is -0.484 e. The Morgan fingerprint density at radius 2 is 2.00 bits per heavy atom. The summed E-state index contributed by atoms with van der Waals surface area (Å²) in [6.45, 7) is 4.27. The van der Waals surface area contributed by atoms with Crippen LogP contribution in [0.5, 0.6) is 5.75 Å². The lowest BCUT2D eigenvalue weighted by Crippen LogP contribution is -1.97. The minimum atomic E-state index is -0.000436. The van der Waals surface area contributed by atoms with Crippen LogP contribution in [0.15, 0.2) is 22.6 Å². The molecule has 0 unspecified atom stereocenters. The Hall–Kier alpha value is -1.88. The zero-order valence-corrected chi connectivity index (χ0v) is 10.5. The van der Waals surface area contributed by atoms with Crippen LogP contribution >= 0.6 is 0 Å². The quantitative estimate of drug-likeness (QED) is 0.873. The van der Waals surface area contributed by atoms with Crippen LogP contribution in [0.4, 0.5) is 0 Å². The second-order valence-electron chi connectivity index (χ2n) is 4.12. The number of hydrogen-bond acceptors (Lipinski definition) is 5. The molecule has 5 heteroatoms. The molecule has 0 aliphatic rings. The van der Waals surface area contributed by atoms with Crippen molar-refractivity contribution in [2.45, 2.75) is 26.9 Å². The average molecular weight is 248 g/mol. The van der Waals surface area contributed by atoms with Crippen molar-refractivity contribution >= 4 is 0 Å². The largest absolute Gasteiger partial charge is 0.484 e. The van der Waals surface area contributed by atoms with Gasteiger partial charge in [-0.15, -0.1) is 10.2 Å². The predicted molar refractivity (Wildman–Crippen MR) is 65.3 cm³/mol. The Morgan fingerprint density at radius 3 is 2.72 bits per heavy atom. The van der Waals surface area contributed by atoms with Crippen molar-refractivity contribution in [3.8, 4) is 5.75 Å². The van der Waals surface area contributed by atoms with Gasteiger partial charge in [0.2, 0.25) is 5.89 Å². The van der Waals surface area contributed by atoms with Gasteiger partial charge in [0, 0.05) is 6.42 Å². The molecule has 0 fully saturated rings. The van der Waals surface area contributed by atoms with Gasteiger partial charge in [0.15, 0.2) is 6.61 Å². The molecule has 0 bridgehead atoms. The van der Waals surface area contributed by atoms with E-state index in [1.165, 1.54) is 5.56 Å². The first kappa shape index (κ1) is 12.6. The van der Waals surface area contributed by atoms with Crippen molar-refractivity contribution in [3.63, 3.8) is 0 Å². The van der Waals surface area contributed by atoms with E-state index >= 15 is 0 Å². The summed E-state index contributed by atoms with van der Waals surface area (Å²) in [5, 5.41) is 16.4. The van der Waals surface area contributed by atoms with Gasteiger partial charge < -0.3 is 14.3 Å². The number of ether oxygens (including phenoxy) is 1. The second kappa shape index (κ2) is 5.64. The maximum absolute atomic E-state index is 8.74. The highest BCUT2D eigenvalue weighted by molar-refractivity contribution is 5.35. The zero-order valence-electron chi connectivity index (χ0n) is 10.5. The van der Waals surface area contributed by atoms with Gasteiger partial charge in [0.1, 0.15) is 5.75 Å². The van der Waals surface area contributed by atoms with E-state index in [1.807, 2.05) is 26.0 Å². The van der Waals surface area contributed by atoms with Crippen LogP contribution in [-0.4, -0.2) is 21.9 Å². The number of aromatic nitrogens is 2. The summed E-state index contributed by atoms with van der Waals surface area (Å²) in [6.07, 6.45) is 0.372. The molecule has 0 amide bonds. The standard InChI is InChI=1S/C13H16N2O3/c1-9-3-4-11(10(2)7-9)17-8-13-15-14-12(18-13)5-6-16/h3-4,7,16H,5-6,8H2,1-2H3. The van der Waals surface area contributed by atoms with Crippen molar-refractivity contribution in [2.75, 3.05) is 6.61 Å². The monoisotopic (exact) mass is 248 g/mol. The molecule has 2 rings (SSSR count). The molecule has 1 aromatic carbocycles. The summed E-state index contributed by atoms with van der Waals surface area (Å²) in [4.78, 5) is 0. The molecule has 0 saturated heterocycles. The van der Waals surface area contributed by atoms with Crippen LogP contribution in [0.3, 0.4) is 0 Å². The van der Waals surface area contributed by atoms with E-state index < -0.39 is 0 Å². The van der Waals surface area contributed by atoms with Gasteiger partial charge in [-0.05, 0) is 25.5 Å². The van der Waals surface area contributed by atoms with E-state index in [-0.39, 0.29) is 13.2 Å². The van der Waals surface area contributed by atoms with Crippen molar-refractivity contribution in [3.05, 3.63) is 41.1 Å². The van der Waals surface area contributed by atoms with Crippen LogP contribution in [-0.2, 0) is 13.0 Å². The summed E-state index contributed by atoms with van der Waals surface area (Å²) in [7, 11) is 0. The lowest BCUT2D eigenvalue weighted by Gasteiger charge is -2.07. The van der Waals surface area contributed by atoms with E-state index in [2.05, 4.69) is 16.3 Å². The van der Waals surface area contributed by atoms with Crippen molar-refractivity contribution in [2.24, 2.45) is 0 Å². The Morgan fingerprint density at radius 1 is 1.22 bits per heavy atom. The van der Waals surface area contributed by atoms with Gasteiger partial charge in [-0.25, -0.2) is 0 Å². The maximum Gasteiger partial charge on any atom is 0.253 e. The fraction of sp³-hybridized carbons (Fsp3) is 0.385. The summed E-state index contributed by atoms with van der Waals surface area (Å²) >= 11 is 0. The number of hydrogen-bond donors (Lipinski definition) is 1. The molecule has 0 radical (unpaired) electrons. The van der Waals surface area contributed by atoms with Crippen LogP contribution < -0.4 is 4.74 Å². The first-order valence-electron chi connectivity index (χ1n) is 5.81. The zero-order chi connectivity index (χ0) is 13.0. The number of nitrogens with zero attached hydrogens (tertiary/aromatic N) is 2. The smallest absolute Gasteiger partial charge is 0.253 e. The summed E-state index contributed by atoms with van der Waals surface area (Å²) in [6, 6.07) is 5.98.